The number of aromatic nitrogens is 2. The average Bonchev–Trinajstić information content (AvgIpc) is 2.79. The van der Waals surface area contributed by atoms with Crippen LogP contribution in [-0.2, 0) is 13.6 Å². The molecule has 0 aliphatic rings. The fourth-order valence-electron chi connectivity index (χ4n) is 2.39. The van der Waals surface area contributed by atoms with E-state index >= 15 is 0 Å². The summed E-state index contributed by atoms with van der Waals surface area (Å²) in [7, 11) is 1.99. The zero-order chi connectivity index (χ0) is 15.7. The van der Waals surface area contributed by atoms with Gasteiger partial charge in [0, 0.05) is 24.2 Å². The van der Waals surface area contributed by atoms with Gasteiger partial charge in [0.2, 0.25) is 0 Å². The fraction of sp³-hybridized carbons (Fsp3) is 0.176. The van der Waals surface area contributed by atoms with E-state index in [-0.39, 0.29) is 5.91 Å². The van der Waals surface area contributed by atoms with Crippen molar-refractivity contribution in [3.05, 3.63) is 64.4 Å². The molecule has 1 heterocycles. The van der Waals surface area contributed by atoms with Gasteiger partial charge in [-0.15, -0.1) is 0 Å². The topological polar surface area (TPSA) is 46.9 Å². The molecule has 1 aromatic heterocycles. The molecule has 0 saturated heterocycles. The van der Waals surface area contributed by atoms with E-state index in [0.717, 1.165) is 22.4 Å². The first-order valence-corrected chi connectivity index (χ1v) is 7.38. The third-order valence-corrected chi connectivity index (χ3v) is 3.94. The Morgan fingerprint density at radius 3 is 2.86 bits per heavy atom. The molecule has 1 amide bonds. The molecule has 3 aromatic rings. The number of nitrogens with zero attached hydrogens (tertiary/aromatic N) is 2. The van der Waals surface area contributed by atoms with Crippen LogP contribution in [0.1, 0.15) is 21.7 Å². The third kappa shape index (κ3) is 2.83. The van der Waals surface area contributed by atoms with Gasteiger partial charge >= 0.3 is 0 Å². The number of imidazole rings is 1. The van der Waals surface area contributed by atoms with Crippen molar-refractivity contribution in [3.8, 4) is 0 Å². The van der Waals surface area contributed by atoms with Crippen LogP contribution in [0.2, 0.25) is 5.02 Å². The highest BCUT2D eigenvalue weighted by Gasteiger charge is 2.08. The minimum atomic E-state index is -0.139. The second-order valence-electron chi connectivity index (χ2n) is 5.23. The lowest BCUT2D eigenvalue weighted by Crippen LogP contribution is -2.22. The minimum Gasteiger partial charge on any atom is -0.348 e. The number of hydrogen-bond donors (Lipinski definition) is 1. The first kappa shape index (κ1) is 14.6. The molecule has 0 unspecified atom stereocenters. The Bertz CT molecular complexity index is 854. The summed E-state index contributed by atoms with van der Waals surface area (Å²) in [6.45, 7) is 2.43. The molecular formula is C17H16ClN3O. The summed E-state index contributed by atoms with van der Waals surface area (Å²) in [4.78, 5) is 16.6. The highest BCUT2D eigenvalue weighted by atomic mass is 35.5. The Kier molecular flexibility index (Phi) is 3.86. The zero-order valence-corrected chi connectivity index (χ0v) is 13.2. The summed E-state index contributed by atoms with van der Waals surface area (Å²) in [5, 5.41) is 3.45. The molecule has 5 heteroatoms. The lowest BCUT2D eigenvalue weighted by Gasteiger charge is -2.06. The number of carbonyl (C=O) groups excluding carboxylic acids is 1. The molecule has 0 aliphatic heterocycles. The van der Waals surface area contributed by atoms with Gasteiger partial charge in [0.15, 0.2) is 0 Å². The summed E-state index contributed by atoms with van der Waals surface area (Å²) < 4.78 is 2.05. The van der Waals surface area contributed by atoms with Crippen LogP contribution in [0.3, 0.4) is 0 Å². The highest BCUT2D eigenvalue weighted by molar-refractivity contribution is 6.30. The Morgan fingerprint density at radius 2 is 2.09 bits per heavy atom. The van der Waals surface area contributed by atoms with E-state index in [1.54, 1.807) is 24.3 Å². The number of halogens is 1. The molecule has 22 heavy (non-hydrogen) atoms. The van der Waals surface area contributed by atoms with E-state index in [0.29, 0.717) is 17.1 Å². The highest BCUT2D eigenvalue weighted by Crippen LogP contribution is 2.16. The van der Waals surface area contributed by atoms with Gasteiger partial charge in [-0.1, -0.05) is 23.7 Å². The first-order valence-electron chi connectivity index (χ1n) is 7.00. The molecule has 0 spiro atoms. The van der Waals surface area contributed by atoms with E-state index in [1.807, 2.05) is 36.7 Å². The van der Waals surface area contributed by atoms with Crippen molar-refractivity contribution < 1.29 is 4.79 Å². The molecule has 0 bridgehead atoms. The number of aryl methyl sites for hydroxylation is 2. The van der Waals surface area contributed by atoms with Gasteiger partial charge in [0.05, 0.1) is 11.0 Å². The molecule has 4 nitrogen and oxygen atoms in total. The smallest absolute Gasteiger partial charge is 0.251 e. The molecule has 0 atom stereocenters. The molecule has 1 N–H and O–H groups in total. The van der Waals surface area contributed by atoms with E-state index in [1.165, 1.54) is 0 Å². The molecule has 0 fully saturated rings. The Morgan fingerprint density at radius 1 is 1.27 bits per heavy atom. The van der Waals surface area contributed by atoms with Crippen molar-refractivity contribution in [1.82, 2.24) is 14.9 Å². The molecule has 3 rings (SSSR count). The minimum absolute atomic E-state index is 0.139. The standard InChI is InChI=1S/C17H16ClN3O/c1-11-20-15-8-12(6-7-16(15)21(11)2)10-19-17(22)13-4-3-5-14(18)9-13/h3-9H,10H2,1-2H3,(H,19,22). The number of hydrogen-bond acceptors (Lipinski definition) is 2. The number of amides is 1. The number of fused-ring (bicyclic) bond motifs is 1. The molecule has 112 valence electrons. The van der Waals surface area contributed by atoms with Crippen molar-refractivity contribution in [2.24, 2.45) is 7.05 Å². The van der Waals surface area contributed by atoms with Crippen LogP contribution in [0, 0.1) is 6.92 Å². The van der Waals surface area contributed by atoms with Crippen LogP contribution in [0.5, 0.6) is 0 Å². The summed E-state index contributed by atoms with van der Waals surface area (Å²) in [5.74, 6) is 0.829. The predicted molar refractivity (Wildman–Crippen MR) is 88.1 cm³/mol. The predicted octanol–water partition coefficient (Wildman–Crippen LogP) is 3.47. The normalized spacial score (nSPS) is 10.9. The van der Waals surface area contributed by atoms with Gasteiger partial charge in [-0.2, -0.15) is 0 Å². The second kappa shape index (κ2) is 5.81. The number of benzene rings is 2. The van der Waals surface area contributed by atoms with Crippen LogP contribution in [0.4, 0.5) is 0 Å². The summed E-state index contributed by atoms with van der Waals surface area (Å²) >= 11 is 5.90. The average molecular weight is 314 g/mol. The number of nitrogens with one attached hydrogen (secondary N) is 1. The van der Waals surface area contributed by atoms with Crippen molar-refractivity contribution >= 4 is 28.5 Å². The van der Waals surface area contributed by atoms with E-state index < -0.39 is 0 Å². The van der Waals surface area contributed by atoms with Crippen molar-refractivity contribution in [2.75, 3.05) is 0 Å². The first-order chi connectivity index (χ1) is 10.5. The van der Waals surface area contributed by atoms with Gasteiger partial charge in [0.1, 0.15) is 5.82 Å². The van der Waals surface area contributed by atoms with Gasteiger partial charge in [-0.05, 0) is 42.8 Å². The zero-order valence-electron chi connectivity index (χ0n) is 12.4. The lowest BCUT2D eigenvalue weighted by molar-refractivity contribution is 0.0951. The van der Waals surface area contributed by atoms with E-state index in [4.69, 9.17) is 11.6 Å². The van der Waals surface area contributed by atoms with Gasteiger partial charge in [0.25, 0.3) is 5.91 Å². The number of carbonyl (C=O) groups is 1. The molecule has 0 aliphatic carbocycles. The van der Waals surface area contributed by atoms with Gasteiger partial charge < -0.3 is 9.88 Å². The van der Waals surface area contributed by atoms with E-state index in [2.05, 4.69) is 10.3 Å². The van der Waals surface area contributed by atoms with Crippen LogP contribution >= 0.6 is 11.6 Å². The second-order valence-corrected chi connectivity index (χ2v) is 5.67. The largest absolute Gasteiger partial charge is 0.348 e. The lowest BCUT2D eigenvalue weighted by atomic mass is 10.1. The number of rotatable bonds is 3. The summed E-state index contributed by atoms with van der Waals surface area (Å²) in [6.07, 6.45) is 0. The summed E-state index contributed by atoms with van der Waals surface area (Å²) in [6, 6.07) is 12.9. The van der Waals surface area contributed by atoms with Gasteiger partial charge in [-0.25, -0.2) is 4.98 Å². The molecular weight excluding hydrogens is 298 g/mol. The Balaban J connectivity index is 1.75. The molecule has 0 saturated carbocycles. The van der Waals surface area contributed by atoms with Crippen molar-refractivity contribution in [3.63, 3.8) is 0 Å². The molecule has 2 aromatic carbocycles. The van der Waals surface area contributed by atoms with Crippen LogP contribution in [0.25, 0.3) is 11.0 Å². The quantitative estimate of drug-likeness (QED) is 0.805. The summed E-state index contributed by atoms with van der Waals surface area (Å²) in [5.41, 5.74) is 3.60. The maximum atomic E-state index is 12.1. The van der Waals surface area contributed by atoms with Crippen LogP contribution < -0.4 is 5.32 Å². The van der Waals surface area contributed by atoms with E-state index in [9.17, 15) is 4.79 Å². The fourth-order valence-corrected chi connectivity index (χ4v) is 2.58. The SMILES string of the molecule is Cc1nc2cc(CNC(=O)c3cccc(Cl)c3)ccc2n1C. The monoisotopic (exact) mass is 313 g/mol. The maximum Gasteiger partial charge on any atom is 0.251 e. The van der Waals surface area contributed by atoms with Gasteiger partial charge in [-0.3, -0.25) is 4.79 Å². The maximum absolute atomic E-state index is 12.1. The van der Waals surface area contributed by atoms with Crippen LogP contribution in [0.15, 0.2) is 42.5 Å². The van der Waals surface area contributed by atoms with Crippen LogP contribution in [-0.4, -0.2) is 15.5 Å². The van der Waals surface area contributed by atoms with Crippen molar-refractivity contribution in [2.45, 2.75) is 13.5 Å². The Labute approximate surface area is 133 Å². The molecule has 0 radical (unpaired) electrons. The Hall–Kier alpha value is -2.33. The third-order valence-electron chi connectivity index (χ3n) is 3.71. The van der Waals surface area contributed by atoms with Crippen molar-refractivity contribution in [1.29, 1.82) is 0 Å².